The van der Waals surface area contributed by atoms with E-state index in [2.05, 4.69) is 25.8 Å². The fourth-order valence-corrected chi connectivity index (χ4v) is 2.89. The van der Waals surface area contributed by atoms with Crippen LogP contribution in [0.1, 0.15) is 52.4 Å². The van der Waals surface area contributed by atoms with Gasteiger partial charge in [0.2, 0.25) is 0 Å². The van der Waals surface area contributed by atoms with E-state index in [1.807, 2.05) is 0 Å². The van der Waals surface area contributed by atoms with E-state index in [4.69, 9.17) is 0 Å². The smallest absolute Gasteiger partial charge is 0.0497 e. The summed E-state index contributed by atoms with van der Waals surface area (Å²) in [6.45, 7) is 5.77. The Morgan fingerprint density at radius 1 is 1.33 bits per heavy atom. The molecule has 1 atom stereocenters. The van der Waals surface area contributed by atoms with Gasteiger partial charge in [0, 0.05) is 24.6 Å². The minimum Gasteiger partial charge on any atom is -0.396 e. The zero-order valence-corrected chi connectivity index (χ0v) is 10.6. The summed E-state index contributed by atoms with van der Waals surface area (Å²) in [4.78, 5) is 2.47. The molecule has 2 nitrogen and oxygen atoms in total. The van der Waals surface area contributed by atoms with E-state index in [1.54, 1.807) is 0 Å². The fourth-order valence-electron chi connectivity index (χ4n) is 2.89. The summed E-state index contributed by atoms with van der Waals surface area (Å²) in [5.74, 6) is 0. The monoisotopic (exact) mass is 213 g/mol. The van der Waals surface area contributed by atoms with Gasteiger partial charge in [-0.05, 0) is 26.3 Å². The van der Waals surface area contributed by atoms with Gasteiger partial charge in [0.1, 0.15) is 0 Å². The molecule has 0 saturated heterocycles. The number of aliphatic hydroxyl groups is 1. The summed E-state index contributed by atoms with van der Waals surface area (Å²) in [5.41, 5.74) is 0.103. The third-order valence-corrected chi connectivity index (χ3v) is 3.81. The van der Waals surface area contributed by atoms with E-state index in [9.17, 15) is 5.11 Å². The third-order valence-electron chi connectivity index (χ3n) is 3.81. The lowest BCUT2D eigenvalue weighted by molar-refractivity contribution is 0.0740. The highest BCUT2D eigenvalue weighted by Crippen LogP contribution is 2.28. The Bertz CT molecular complexity index is 177. The van der Waals surface area contributed by atoms with E-state index in [0.29, 0.717) is 6.61 Å². The zero-order chi connectivity index (χ0) is 11.3. The van der Waals surface area contributed by atoms with Crippen LogP contribution in [-0.2, 0) is 0 Å². The third kappa shape index (κ3) is 3.76. The average Bonchev–Trinajstić information content (AvgIpc) is 2.71. The van der Waals surface area contributed by atoms with Crippen molar-refractivity contribution in [2.75, 3.05) is 20.2 Å². The van der Waals surface area contributed by atoms with Crippen LogP contribution in [-0.4, -0.2) is 36.2 Å². The van der Waals surface area contributed by atoms with Gasteiger partial charge >= 0.3 is 0 Å². The summed E-state index contributed by atoms with van der Waals surface area (Å²) >= 11 is 0. The van der Waals surface area contributed by atoms with Gasteiger partial charge < -0.3 is 10.0 Å². The van der Waals surface area contributed by atoms with Gasteiger partial charge in [-0.15, -0.1) is 0 Å². The molecule has 1 aliphatic rings. The summed E-state index contributed by atoms with van der Waals surface area (Å²) < 4.78 is 0. The molecule has 1 aliphatic carbocycles. The molecule has 15 heavy (non-hydrogen) atoms. The van der Waals surface area contributed by atoms with E-state index < -0.39 is 0 Å². The molecule has 1 unspecified atom stereocenters. The lowest BCUT2D eigenvalue weighted by atomic mass is 9.85. The SMILES string of the molecule is CCCC(C)(CO)CN(C)C1CCCC1. The van der Waals surface area contributed by atoms with Gasteiger partial charge in [0.05, 0.1) is 0 Å². The molecular formula is C13H27NO. The van der Waals surface area contributed by atoms with Crippen LogP contribution >= 0.6 is 0 Å². The standard InChI is InChI=1S/C13H27NO/c1-4-9-13(2,11-15)10-14(3)12-7-5-6-8-12/h12,15H,4-11H2,1-3H3. The maximum Gasteiger partial charge on any atom is 0.0497 e. The molecule has 1 rings (SSSR count). The Kier molecular flexibility index (Phi) is 5.07. The number of hydrogen-bond donors (Lipinski definition) is 1. The first-order chi connectivity index (χ1) is 7.11. The van der Waals surface area contributed by atoms with E-state index in [-0.39, 0.29) is 5.41 Å². The number of hydrogen-bond acceptors (Lipinski definition) is 2. The molecule has 1 saturated carbocycles. The topological polar surface area (TPSA) is 23.5 Å². The van der Waals surface area contributed by atoms with Gasteiger partial charge in [-0.3, -0.25) is 0 Å². The molecule has 2 heteroatoms. The Morgan fingerprint density at radius 3 is 2.40 bits per heavy atom. The van der Waals surface area contributed by atoms with E-state index in [1.165, 1.54) is 25.7 Å². The lowest BCUT2D eigenvalue weighted by Gasteiger charge is -2.35. The molecule has 90 valence electrons. The minimum absolute atomic E-state index is 0.103. The first-order valence-electron chi connectivity index (χ1n) is 6.42. The predicted molar refractivity (Wildman–Crippen MR) is 65.0 cm³/mol. The first-order valence-corrected chi connectivity index (χ1v) is 6.42. The van der Waals surface area contributed by atoms with Crippen LogP contribution in [0.25, 0.3) is 0 Å². The molecule has 0 radical (unpaired) electrons. The molecule has 0 aromatic heterocycles. The number of nitrogens with zero attached hydrogens (tertiary/aromatic N) is 1. The lowest BCUT2D eigenvalue weighted by Crippen LogP contribution is -2.40. The Hall–Kier alpha value is -0.0800. The van der Waals surface area contributed by atoms with Crippen molar-refractivity contribution in [2.24, 2.45) is 5.41 Å². The van der Waals surface area contributed by atoms with Gasteiger partial charge in [-0.1, -0.05) is 33.1 Å². The number of aliphatic hydroxyl groups excluding tert-OH is 1. The van der Waals surface area contributed by atoms with Crippen LogP contribution in [0.3, 0.4) is 0 Å². The average molecular weight is 213 g/mol. The molecule has 1 fully saturated rings. The molecule has 0 aromatic carbocycles. The normalized spacial score (nSPS) is 22.2. The van der Waals surface area contributed by atoms with Gasteiger partial charge in [0.15, 0.2) is 0 Å². The highest BCUT2D eigenvalue weighted by molar-refractivity contribution is 4.82. The summed E-state index contributed by atoms with van der Waals surface area (Å²) in [5, 5.41) is 9.48. The second kappa shape index (κ2) is 5.86. The summed E-state index contributed by atoms with van der Waals surface area (Å²) in [6, 6.07) is 0.771. The van der Waals surface area contributed by atoms with Crippen molar-refractivity contribution < 1.29 is 5.11 Å². The molecule has 0 spiro atoms. The van der Waals surface area contributed by atoms with E-state index in [0.717, 1.165) is 25.4 Å². The molecule has 0 amide bonds. The van der Waals surface area contributed by atoms with Crippen LogP contribution in [0, 0.1) is 5.41 Å². The Balaban J connectivity index is 2.42. The van der Waals surface area contributed by atoms with E-state index >= 15 is 0 Å². The highest BCUT2D eigenvalue weighted by atomic mass is 16.3. The van der Waals surface area contributed by atoms with Crippen molar-refractivity contribution in [3.05, 3.63) is 0 Å². The number of rotatable bonds is 6. The van der Waals surface area contributed by atoms with Crippen molar-refractivity contribution in [3.8, 4) is 0 Å². The Morgan fingerprint density at radius 2 is 1.93 bits per heavy atom. The zero-order valence-electron chi connectivity index (χ0n) is 10.6. The molecule has 0 aliphatic heterocycles. The quantitative estimate of drug-likeness (QED) is 0.733. The van der Waals surface area contributed by atoms with Gasteiger partial charge in [-0.2, -0.15) is 0 Å². The molecule has 0 heterocycles. The predicted octanol–water partition coefficient (Wildman–Crippen LogP) is 2.66. The summed E-state index contributed by atoms with van der Waals surface area (Å²) in [7, 11) is 2.22. The minimum atomic E-state index is 0.103. The van der Waals surface area contributed by atoms with Crippen LogP contribution in [0.15, 0.2) is 0 Å². The van der Waals surface area contributed by atoms with Crippen molar-refractivity contribution >= 4 is 0 Å². The Labute approximate surface area is 94.7 Å². The largest absolute Gasteiger partial charge is 0.396 e. The van der Waals surface area contributed by atoms with Crippen molar-refractivity contribution in [1.82, 2.24) is 4.90 Å². The van der Waals surface area contributed by atoms with Crippen molar-refractivity contribution in [1.29, 1.82) is 0 Å². The fraction of sp³-hybridized carbons (Fsp3) is 1.00. The summed E-state index contributed by atoms with van der Waals surface area (Å²) in [6.07, 6.45) is 7.77. The van der Waals surface area contributed by atoms with Gasteiger partial charge in [0.25, 0.3) is 0 Å². The molecular weight excluding hydrogens is 186 g/mol. The van der Waals surface area contributed by atoms with Gasteiger partial charge in [-0.25, -0.2) is 0 Å². The van der Waals surface area contributed by atoms with Crippen LogP contribution < -0.4 is 0 Å². The highest BCUT2D eigenvalue weighted by Gasteiger charge is 2.28. The van der Waals surface area contributed by atoms with Crippen LogP contribution in [0.2, 0.25) is 0 Å². The molecule has 1 N–H and O–H groups in total. The maximum atomic E-state index is 9.48. The van der Waals surface area contributed by atoms with Crippen LogP contribution in [0.4, 0.5) is 0 Å². The second-order valence-corrected chi connectivity index (χ2v) is 5.57. The van der Waals surface area contributed by atoms with Crippen LogP contribution in [0.5, 0.6) is 0 Å². The van der Waals surface area contributed by atoms with Crippen molar-refractivity contribution in [3.63, 3.8) is 0 Å². The first kappa shape index (κ1) is 13.0. The maximum absolute atomic E-state index is 9.48. The van der Waals surface area contributed by atoms with Crippen molar-refractivity contribution in [2.45, 2.75) is 58.4 Å². The molecule has 0 aromatic rings. The molecule has 0 bridgehead atoms. The second-order valence-electron chi connectivity index (χ2n) is 5.57.